The highest BCUT2D eigenvalue weighted by molar-refractivity contribution is 4.87. The van der Waals surface area contributed by atoms with Crippen molar-refractivity contribution in [3.8, 4) is 0 Å². The SMILES string of the molecule is CCCOC1CCCN(CC=CCN)C1. The second-order valence-electron chi connectivity index (χ2n) is 4.10. The number of likely N-dealkylation sites (tertiary alicyclic amines) is 1. The van der Waals surface area contributed by atoms with Crippen LogP contribution in [0.4, 0.5) is 0 Å². The van der Waals surface area contributed by atoms with Gasteiger partial charge in [0.25, 0.3) is 0 Å². The minimum Gasteiger partial charge on any atom is -0.377 e. The number of piperidine rings is 1. The van der Waals surface area contributed by atoms with Crippen molar-refractivity contribution in [1.82, 2.24) is 4.90 Å². The zero-order valence-electron chi connectivity index (χ0n) is 9.82. The summed E-state index contributed by atoms with van der Waals surface area (Å²) in [6, 6.07) is 0. The Labute approximate surface area is 93.3 Å². The van der Waals surface area contributed by atoms with Crippen LogP contribution in [-0.4, -0.2) is 43.8 Å². The highest BCUT2D eigenvalue weighted by Gasteiger charge is 2.18. The third-order valence-corrected chi connectivity index (χ3v) is 2.69. The Morgan fingerprint density at radius 3 is 3.07 bits per heavy atom. The van der Waals surface area contributed by atoms with Crippen LogP contribution in [0.1, 0.15) is 26.2 Å². The molecule has 88 valence electrons. The summed E-state index contributed by atoms with van der Waals surface area (Å²) in [5, 5.41) is 0. The van der Waals surface area contributed by atoms with Crippen LogP contribution in [0.25, 0.3) is 0 Å². The van der Waals surface area contributed by atoms with Crippen molar-refractivity contribution in [2.24, 2.45) is 5.73 Å². The summed E-state index contributed by atoms with van der Waals surface area (Å²) in [5.41, 5.74) is 5.41. The standard InChI is InChI=1S/C12H24N2O/c1-2-10-15-12-6-5-9-14(11-12)8-4-3-7-13/h3-4,12H,2,5-11,13H2,1H3. The first kappa shape index (κ1) is 12.7. The fraction of sp³-hybridized carbons (Fsp3) is 0.833. The Kier molecular flexibility index (Phi) is 6.64. The number of hydrogen-bond acceptors (Lipinski definition) is 3. The second-order valence-corrected chi connectivity index (χ2v) is 4.10. The highest BCUT2D eigenvalue weighted by Crippen LogP contribution is 2.13. The van der Waals surface area contributed by atoms with Crippen molar-refractivity contribution >= 4 is 0 Å². The van der Waals surface area contributed by atoms with Crippen LogP contribution in [0.3, 0.4) is 0 Å². The molecular weight excluding hydrogens is 188 g/mol. The fourth-order valence-corrected chi connectivity index (χ4v) is 1.92. The topological polar surface area (TPSA) is 38.5 Å². The number of ether oxygens (including phenoxy) is 1. The van der Waals surface area contributed by atoms with Gasteiger partial charge in [0.2, 0.25) is 0 Å². The van der Waals surface area contributed by atoms with Crippen LogP contribution in [0.5, 0.6) is 0 Å². The number of rotatable bonds is 6. The van der Waals surface area contributed by atoms with Gasteiger partial charge in [-0.1, -0.05) is 19.1 Å². The first-order chi connectivity index (χ1) is 7.36. The van der Waals surface area contributed by atoms with Gasteiger partial charge < -0.3 is 10.5 Å². The molecule has 0 aromatic carbocycles. The molecule has 1 rings (SSSR count). The quantitative estimate of drug-likeness (QED) is 0.676. The molecular formula is C12H24N2O. The second kappa shape index (κ2) is 7.85. The number of hydrogen-bond donors (Lipinski definition) is 1. The molecule has 0 saturated carbocycles. The molecule has 0 aromatic rings. The van der Waals surface area contributed by atoms with Crippen LogP contribution in [0, 0.1) is 0 Å². The largest absolute Gasteiger partial charge is 0.377 e. The van der Waals surface area contributed by atoms with Crippen molar-refractivity contribution in [2.75, 3.05) is 32.8 Å². The molecule has 1 unspecified atom stereocenters. The smallest absolute Gasteiger partial charge is 0.0702 e. The molecule has 3 heteroatoms. The molecule has 0 amide bonds. The molecule has 0 aromatic heterocycles. The summed E-state index contributed by atoms with van der Waals surface area (Å²) in [7, 11) is 0. The van der Waals surface area contributed by atoms with Gasteiger partial charge in [0.1, 0.15) is 0 Å². The van der Waals surface area contributed by atoms with Gasteiger partial charge in [-0.3, -0.25) is 4.90 Å². The van der Waals surface area contributed by atoms with Crippen molar-refractivity contribution < 1.29 is 4.74 Å². The fourth-order valence-electron chi connectivity index (χ4n) is 1.92. The molecule has 0 radical (unpaired) electrons. The molecule has 1 atom stereocenters. The Bertz CT molecular complexity index is 182. The molecule has 1 fully saturated rings. The van der Waals surface area contributed by atoms with E-state index in [0.717, 1.165) is 26.1 Å². The highest BCUT2D eigenvalue weighted by atomic mass is 16.5. The zero-order valence-corrected chi connectivity index (χ0v) is 9.82. The Morgan fingerprint density at radius 1 is 1.47 bits per heavy atom. The van der Waals surface area contributed by atoms with Gasteiger partial charge in [0.15, 0.2) is 0 Å². The average molecular weight is 212 g/mol. The van der Waals surface area contributed by atoms with Gasteiger partial charge in [-0.05, 0) is 25.8 Å². The Hall–Kier alpha value is -0.380. The van der Waals surface area contributed by atoms with Crippen LogP contribution in [0.2, 0.25) is 0 Å². The lowest BCUT2D eigenvalue weighted by Crippen LogP contribution is -2.39. The van der Waals surface area contributed by atoms with Gasteiger partial charge in [-0.2, -0.15) is 0 Å². The summed E-state index contributed by atoms with van der Waals surface area (Å²) in [6.45, 7) is 6.99. The number of nitrogens with two attached hydrogens (primary N) is 1. The third-order valence-electron chi connectivity index (χ3n) is 2.69. The molecule has 1 aliphatic heterocycles. The van der Waals surface area contributed by atoms with Crippen molar-refractivity contribution in [3.63, 3.8) is 0 Å². The first-order valence-electron chi connectivity index (χ1n) is 6.05. The van der Waals surface area contributed by atoms with E-state index in [1.54, 1.807) is 0 Å². The van der Waals surface area contributed by atoms with E-state index >= 15 is 0 Å². The minimum absolute atomic E-state index is 0.449. The van der Waals surface area contributed by atoms with Gasteiger partial charge in [-0.15, -0.1) is 0 Å². The summed E-state index contributed by atoms with van der Waals surface area (Å²) in [6.07, 6.45) is 8.22. The maximum atomic E-state index is 5.78. The normalized spacial score (nSPS) is 23.7. The average Bonchev–Trinajstić information content (AvgIpc) is 2.27. The molecule has 1 aliphatic rings. The van der Waals surface area contributed by atoms with E-state index in [1.807, 2.05) is 6.08 Å². The lowest BCUT2D eigenvalue weighted by molar-refractivity contribution is 0.00307. The number of nitrogens with zero attached hydrogens (tertiary/aromatic N) is 1. The molecule has 2 N–H and O–H groups in total. The van der Waals surface area contributed by atoms with Gasteiger partial charge in [0, 0.05) is 26.2 Å². The van der Waals surface area contributed by atoms with E-state index in [2.05, 4.69) is 17.9 Å². The lowest BCUT2D eigenvalue weighted by atomic mass is 10.1. The maximum absolute atomic E-state index is 5.78. The first-order valence-corrected chi connectivity index (χ1v) is 6.05. The zero-order chi connectivity index (χ0) is 10.9. The molecule has 1 saturated heterocycles. The predicted octanol–water partition coefficient (Wildman–Crippen LogP) is 1.39. The van der Waals surface area contributed by atoms with E-state index in [1.165, 1.54) is 19.4 Å². The molecule has 15 heavy (non-hydrogen) atoms. The Balaban J connectivity index is 2.19. The Morgan fingerprint density at radius 2 is 2.33 bits per heavy atom. The molecule has 3 nitrogen and oxygen atoms in total. The summed E-state index contributed by atoms with van der Waals surface area (Å²) >= 11 is 0. The van der Waals surface area contributed by atoms with Crippen LogP contribution < -0.4 is 5.73 Å². The molecule has 0 spiro atoms. The van der Waals surface area contributed by atoms with E-state index < -0.39 is 0 Å². The van der Waals surface area contributed by atoms with Crippen LogP contribution >= 0.6 is 0 Å². The van der Waals surface area contributed by atoms with Crippen molar-refractivity contribution in [1.29, 1.82) is 0 Å². The molecule has 1 heterocycles. The van der Waals surface area contributed by atoms with Crippen LogP contribution in [0.15, 0.2) is 12.2 Å². The summed E-state index contributed by atoms with van der Waals surface area (Å²) in [4.78, 5) is 2.44. The van der Waals surface area contributed by atoms with Crippen LogP contribution in [-0.2, 0) is 4.74 Å². The van der Waals surface area contributed by atoms with Crippen molar-refractivity contribution in [3.05, 3.63) is 12.2 Å². The van der Waals surface area contributed by atoms with Gasteiger partial charge in [0.05, 0.1) is 6.10 Å². The van der Waals surface area contributed by atoms with Gasteiger partial charge >= 0.3 is 0 Å². The predicted molar refractivity (Wildman–Crippen MR) is 63.9 cm³/mol. The van der Waals surface area contributed by atoms with E-state index in [4.69, 9.17) is 10.5 Å². The minimum atomic E-state index is 0.449. The van der Waals surface area contributed by atoms with E-state index in [9.17, 15) is 0 Å². The van der Waals surface area contributed by atoms with Crippen molar-refractivity contribution in [2.45, 2.75) is 32.3 Å². The molecule has 0 bridgehead atoms. The molecule has 0 aliphatic carbocycles. The lowest BCUT2D eigenvalue weighted by Gasteiger charge is -2.31. The van der Waals surface area contributed by atoms with Gasteiger partial charge in [-0.25, -0.2) is 0 Å². The maximum Gasteiger partial charge on any atom is 0.0702 e. The van der Waals surface area contributed by atoms with E-state index in [0.29, 0.717) is 12.6 Å². The summed E-state index contributed by atoms with van der Waals surface area (Å²) < 4.78 is 5.78. The third kappa shape index (κ3) is 5.30. The van der Waals surface area contributed by atoms with E-state index in [-0.39, 0.29) is 0 Å². The monoisotopic (exact) mass is 212 g/mol. The summed E-state index contributed by atoms with van der Waals surface area (Å²) in [5.74, 6) is 0.